The van der Waals surface area contributed by atoms with Gasteiger partial charge in [0.25, 0.3) is 0 Å². The van der Waals surface area contributed by atoms with Gasteiger partial charge in [-0.1, -0.05) is 0 Å². The molecule has 0 aliphatic carbocycles. The van der Waals surface area contributed by atoms with Gasteiger partial charge in [-0.05, 0) is 50.5 Å². The second-order valence-corrected chi connectivity index (χ2v) is 7.70. The highest BCUT2D eigenvalue weighted by Crippen LogP contribution is 2.52. The van der Waals surface area contributed by atoms with Gasteiger partial charge in [-0.3, -0.25) is 4.57 Å². The number of benzene rings is 1. The fraction of sp³-hybridized carbons (Fsp3) is 0.533. The van der Waals surface area contributed by atoms with Gasteiger partial charge in [0, 0.05) is 12.6 Å². The summed E-state index contributed by atoms with van der Waals surface area (Å²) in [4.78, 5) is 11.1. The number of rotatable bonds is 4. The van der Waals surface area contributed by atoms with E-state index in [9.17, 15) is 14.5 Å². The van der Waals surface area contributed by atoms with Crippen molar-refractivity contribution < 1.29 is 23.7 Å². The van der Waals surface area contributed by atoms with Gasteiger partial charge in [0.05, 0.1) is 25.0 Å². The van der Waals surface area contributed by atoms with Crippen molar-refractivity contribution >= 4 is 18.8 Å². The minimum Gasteiger partial charge on any atom is -0.549 e. The zero-order valence-corrected chi connectivity index (χ0v) is 13.8. The molecule has 6 nitrogen and oxygen atoms in total. The second kappa shape index (κ2) is 7.27. The van der Waals surface area contributed by atoms with Crippen LogP contribution in [-0.2, 0) is 13.9 Å². The molecule has 0 N–H and O–H groups in total. The lowest BCUT2D eigenvalue weighted by molar-refractivity contribution is -0.305. The molecule has 1 aromatic rings. The fourth-order valence-electron chi connectivity index (χ4n) is 2.59. The maximum atomic E-state index is 13.5. The Morgan fingerprint density at radius 3 is 2.68 bits per heavy atom. The molecule has 0 aromatic heterocycles. The standard InChI is InChI=1S/C15H22NO5P/c1-12-5-3-4-10-21-22(19,16(12)11-15(17)18)14-8-6-13(20-2)7-9-14/h6-9,12H,3-5,10-11H2,1-2H3,(H,17,18)/p-1. The summed E-state index contributed by atoms with van der Waals surface area (Å²) in [5.41, 5.74) is 0. The Labute approximate surface area is 130 Å². The Bertz CT molecular complexity index is 560. The van der Waals surface area contributed by atoms with E-state index < -0.39 is 20.0 Å². The average molecular weight is 326 g/mol. The summed E-state index contributed by atoms with van der Waals surface area (Å²) >= 11 is 0. The Morgan fingerprint density at radius 1 is 1.41 bits per heavy atom. The van der Waals surface area contributed by atoms with Gasteiger partial charge in [-0.25, -0.2) is 4.67 Å². The molecular weight excluding hydrogens is 305 g/mol. The zero-order valence-electron chi connectivity index (χ0n) is 12.9. The quantitative estimate of drug-likeness (QED) is 0.773. The molecule has 122 valence electrons. The highest BCUT2D eigenvalue weighted by molar-refractivity contribution is 7.64. The Kier molecular flexibility index (Phi) is 5.62. The van der Waals surface area contributed by atoms with Crippen molar-refractivity contribution in [2.75, 3.05) is 20.3 Å². The number of methoxy groups -OCH3 is 1. The van der Waals surface area contributed by atoms with Crippen LogP contribution in [0.5, 0.6) is 5.75 Å². The highest BCUT2D eigenvalue weighted by Gasteiger charge is 2.38. The lowest BCUT2D eigenvalue weighted by Crippen LogP contribution is -2.43. The topological polar surface area (TPSA) is 78.9 Å². The van der Waals surface area contributed by atoms with Crippen LogP contribution in [0.1, 0.15) is 26.2 Å². The molecular formula is C15H21NO5P-. The van der Waals surface area contributed by atoms with E-state index >= 15 is 0 Å². The monoisotopic (exact) mass is 326 g/mol. The highest BCUT2D eigenvalue weighted by atomic mass is 31.2. The second-order valence-electron chi connectivity index (χ2n) is 5.37. The summed E-state index contributed by atoms with van der Waals surface area (Å²) in [7, 11) is -1.88. The molecule has 1 heterocycles. The molecule has 22 heavy (non-hydrogen) atoms. The summed E-state index contributed by atoms with van der Waals surface area (Å²) in [6, 6.07) is 6.55. The van der Waals surface area contributed by atoms with Crippen LogP contribution in [0.15, 0.2) is 24.3 Å². The molecule has 1 aliphatic heterocycles. The largest absolute Gasteiger partial charge is 0.549 e. The van der Waals surface area contributed by atoms with Crippen molar-refractivity contribution in [2.45, 2.75) is 32.2 Å². The van der Waals surface area contributed by atoms with Crippen molar-refractivity contribution in [1.82, 2.24) is 4.67 Å². The Hall–Kier alpha value is -1.36. The van der Waals surface area contributed by atoms with Crippen LogP contribution < -0.4 is 15.1 Å². The number of carbonyl (C=O) groups is 1. The molecule has 1 aromatic carbocycles. The van der Waals surface area contributed by atoms with E-state index in [4.69, 9.17) is 9.26 Å². The first-order chi connectivity index (χ1) is 10.5. The Morgan fingerprint density at radius 2 is 2.09 bits per heavy atom. The molecule has 2 unspecified atom stereocenters. The maximum Gasteiger partial charge on any atom is 0.302 e. The summed E-state index contributed by atoms with van der Waals surface area (Å²) in [5.74, 6) is -0.619. The predicted molar refractivity (Wildman–Crippen MR) is 81.2 cm³/mol. The average Bonchev–Trinajstić information content (AvgIpc) is 2.50. The van der Waals surface area contributed by atoms with E-state index in [0.717, 1.165) is 19.3 Å². The molecule has 0 spiro atoms. The van der Waals surface area contributed by atoms with E-state index in [1.54, 1.807) is 31.4 Å². The molecule has 1 saturated heterocycles. The van der Waals surface area contributed by atoms with Crippen LogP contribution in [0, 0.1) is 0 Å². The molecule has 2 atom stereocenters. The van der Waals surface area contributed by atoms with Crippen LogP contribution in [-0.4, -0.2) is 36.9 Å². The first-order valence-corrected chi connectivity index (χ1v) is 8.91. The SMILES string of the molecule is COc1ccc(P2(=O)OCCCCC(C)N2CC(=O)[O-])cc1. The molecule has 7 heteroatoms. The van der Waals surface area contributed by atoms with Crippen LogP contribution >= 0.6 is 7.52 Å². The lowest BCUT2D eigenvalue weighted by Gasteiger charge is -2.37. The van der Waals surface area contributed by atoms with Gasteiger partial charge in [0.2, 0.25) is 0 Å². The molecule has 0 saturated carbocycles. The first-order valence-electron chi connectivity index (χ1n) is 7.33. The predicted octanol–water partition coefficient (Wildman–Crippen LogP) is 1.15. The van der Waals surface area contributed by atoms with Crippen molar-refractivity contribution in [2.24, 2.45) is 0 Å². The number of hydrogen-bond donors (Lipinski definition) is 0. The summed E-state index contributed by atoms with van der Waals surface area (Å²) in [5, 5.41) is 11.6. The molecule has 2 rings (SSSR count). The molecule has 1 fully saturated rings. The van der Waals surface area contributed by atoms with Gasteiger partial charge in [-0.15, -0.1) is 0 Å². The van der Waals surface area contributed by atoms with E-state index in [-0.39, 0.29) is 6.04 Å². The van der Waals surface area contributed by atoms with Crippen LogP contribution in [0.4, 0.5) is 0 Å². The normalized spacial score (nSPS) is 26.9. The molecule has 0 bridgehead atoms. The zero-order chi connectivity index (χ0) is 16.2. The van der Waals surface area contributed by atoms with E-state index in [2.05, 4.69) is 0 Å². The summed E-state index contributed by atoms with van der Waals surface area (Å²) < 4.78 is 25.7. The number of nitrogens with zero attached hydrogens (tertiary/aromatic N) is 1. The van der Waals surface area contributed by atoms with Crippen molar-refractivity contribution in [3.63, 3.8) is 0 Å². The van der Waals surface area contributed by atoms with Gasteiger partial charge in [0.1, 0.15) is 5.75 Å². The number of ether oxygens (including phenoxy) is 1. The summed E-state index contributed by atoms with van der Waals surface area (Å²) in [6.45, 7) is 1.80. The number of carbonyl (C=O) groups excluding carboxylic acids is 1. The van der Waals surface area contributed by atoms with Crippen molar-refractivity contribution in [1.29, 1.82) is 0 Å². The third-order valence-corrected chi connectivity index (χ3v) is 6.51. The smallest absolute Gasteiger partial charge is 0.302 e. The molecule has 1 aliphatic rings. The van der Waals surface area contributed by atoms with Gasteiger partial charge >= 0.3 is 7.52 Å². The molecule has 0 radical (unpaired) electrons. The number of hydrogen-bond acceptors (Lipinski definition) is 5. The lowest BCUT2D eigenvalue weighted by atomic mass is 10.1. The van der Waals surface area contributed by atoms with Crippen molar-refractivity contribution in [3.8, 4) is 5.75 Å². The van der Waals surface area contributed by atoms with E-state index in [0.29, 0.717) is 17.7 Å². The van der Waals surface area contributed by atoms with Crippen LogP contribution in [0.3, 0.4) is 0 Å². The first kappa shape index (κ1) is 17.0. The minimum atomic E-state index is -3.43. The third-order valence-electron chi connectivity index (χ3n) is 3.82. The fourth-order valence-corrected chi connectivity index (χ4v) is 5.02. The van der Waals surface area contributed by atoms with Crippen LogP contribution in [0.2, 0.25) is 0 Å². The Balaban J connectivity index is 2.41. The van der Waals surface area contributed by atoms with Gasteiger partial charge < -0.3 is 19.2 Å². The number of carboxylic acid groups (broad SMARTS) is 1. The third kappa shape index (κ3) is 3.69. The number of carboxylic acids is 1. The van der Waals surface area contributed by atoms with Crippen LogP contribution in [0.25, 0.3) is 0 Å². The number of aliphatic carboxylic acids is 1. The summed E-state index contributed by atoms with van der Waals surface area (Å²) in [6.07, 6.45) is 2.49. The molecule has 0 amide bonds. The van der Waals surface area contributed by atoms with Gasteiger partial charge in [-0.2, -0.15) is 0 Å². The van der Waals surface area contributed by atoms with E-state index in [1.807, 2.05) is 6.92 Å². The van der Waals surface area contributed by atoms with E-state index in [1.165, 1.54) is 4.67 Å². The van der Waals surface area contributed by atoms with Crippen molar-refractivity contribution in [3.05, 3.63) is 24.3 Å². The maximum absolute atomic E-state index is 13.5. The minimum absolute atomic E-state index is 0.161. The van der Waals surface area contributed by atoms with Gasteiger partial charge in [0.15, 0.2) is 0 Å².